The van der Waals surface area contributed by atoms with Crippen molar-refractivity contribution < 1.29 is 9.84 Å². The van der Waals surface area contributed by atoms with Crippen LogP contribution in [0.4, 0.5) is 0 Å². The molecule has 0 bridgehead atoms. The highest BCUT2D eigenvalue weighted by atomic mass is 16.5. The standard InChI is InChI=1S/C4H7O2/c1-4(5)3-6-2/h3H,1-2H3/b4-3+. The van der Waals surface area contributed by atoms with E-state index in [0.717, 1.165) is 6.26 Å². The Bertz CT molecular complexity index is 52.6. The van der Waals surface area contributed by atoms with Crippen LogP contribution < -0.4 is 0 Å². The summed E-state index contributed by atoms with van der Waals surface area (Å²) in [7, 11) is 1.45. The third-order valence-corrected chi connectivity index (χ3v) is 0.284. The highest BCUT2D eigenvalue weighted by molar-refractivity contribution is 4.75. The topological polar surface area (TPSA) is 29.1 Å². The minimum Gasteiger partial charge on any atom is -0.501 e. The lowest BCUT2D eigenvalue weighted by Crippen LogP contribution is -1.68. The minimum atomic E-state index is -0.0579. The fourth-order valence-corrected chi connectivity index (χ4v) is 0.166. The molecule has 0 aliphatic carbocycles. The van der Waals surface area contributed by atoms with E-state index in [-0.39, 0.29) is 5.76 Å². The third-order valence-electron chi connectivity index (χ3n) is 0.284. The second kappa shape index (κ2) is 2.57. The fourth-order valence-electron chi connectivity index (χ4n) is 0.166. The Hall–Kier alpha value is -0.660. The molecule has 0 aromatic carbocycles. The maximum Gasteiger partial charge on any atom is 0.186 e. The largest absolute Gasteiger partial charge is 0.501 e. The van der Waals surface area contributed by atoms with Gasteiger partial charge in [0.2, 0.25) is 0 Å². The van der Waals surface area contributed by atoms with Crippen LogP contribution in [0.1, 0.15) is 6.92 Å². The fraction of sp³-hybridized carbons (Fsp3) is 0.500. The van der Waals surface area contributed by atoms with Crippen molar-refractivity contribution in [1.29, 1.82) is 0 Å². The predicted octanol–water partition coefficient (Wildman–Crippen LogP) is 0.925. The number of methoxy groups -OCH3 is 1. The van der Waals surface area contributed by atoms with Crippen molar-refractivity contribution in [3.05, 3.63) is 12.0 Å². The number of hydrogen-bond donors (Lipinski definition) is 0. The van der Waals surface area contributed by atoms with Crippen LogP contribution in [-0.2, 0) is 9.84 Å². The number of hydrogen-bond acceptors (Lipinski definition) is 1. The van der Waals surface area contributed by atoms with Crippen molar-refractivity contribution in [2.24, 2.45) is 0 Å². The van der Waals surface area contributed by atoms with E-state index in [1.54, 1.807) is 0 Å². The summed E-state index contributed by atoms with van der Waals surface area (Å²) in [6.45, 7) is 1.43. The molecule has 0 rings (SSSR count). The zero-order valence-corrected chi connectivity index (χ0v) is 3.89. The zero-order chi connectivity index (χ0) is 4.99. The Morgan fingerprint density at radius 1 is 1.83 bits per heavy atom. The van der Waals surface area contributed by atoms with Crippen LogP contribution in [0, 0.1) is 0 Å². The Morgan fingerprint density at radius 3 is 2.33 bits per heavy atom. The van der Waals surface area contributed by atoms with Gasteiger partial charge in [-0.3, -0.25) is 5.11 Å². The molecule has 0 aliphatic heterocycles. The maximum absolute atomic E-state index is 9.86. The molecule has 0 fully saturated rings. The first kappa shape index (κ1) is 5.34. The SMILES string of the molecule is CO/C=C(\C)[O]. The van der Waals surface area contributed by atoms with Crippen LogP contribution in [0.2, 0.25) is 0 Å². The van der Waals surface area contributed by atoms with Crippen molar-refractivity contribution in [3.8, 4) is 0 Å². The first-order valence-corrected chi connectivity index (χ1v) is 1.64. The van der Waals surface area contributed by atoms with Gasteiger partial charge in [-0.2, -0.15) is 0 Å². The molecule has 6 heavy (non-hydrogen) atoms. The van der Waals surface area contributed by atoms with Gasteiger partial charge in [-0.05, 0) is 0 Å². The molecule has 0 heterocycles. The summed E-state index contributed by atoms with van der Waals surface area (Å²) in [5.74, 6) is -0.0579. The maximum atomic E-state index is 9.86. The molecule has 0 spiro atoms. The number of ether oxygens (including phenoxy) is 1. The summed E-state index contributed by atoms with van der Waals surface area (Å²) in [5, 5.41) is 9.86. The highest BCUT2D eigenvalue weighted by Crippen LogP contribution is 1.81. The van der Waals surface area contributed by atoms with Gasteiger partial charge in [-0.15, -0.1) is 0 Å². The molecule has 0 N–H and O–H groups in total. The molecule has 0 aromatic rings. The first-order valence-electron chi connectivity index (χ1n) is 1.64. The lowest BCUT2D eigenvalue weighted by molar-refractivity contribution is 0.251. The van der Waals surface area contributed by atoms with Crippen LogP contribution in [0.3, 0.4) is 0 Å². The van der Waals surface area contributed by atoms with Crippen molar-refractivity contribution in [1.82, 2.24) is 0 Å². The lowest BCUT2D eigenvalue weighted by atomic mass is 10.7. The van der Waals surface area contributed by atoms with Crippen molar-refractivity contribution in [2.45, 2.75) is 6.92 Å². The predicted molar refractivity (Wildman–Crippen MR) is 21.5 cm³/mol. The smallest absolute Gasteiger partial charge is 0.186 e. The van der Waals surface area contributed by atoms with Gasteiger partial charge in [-0.25, -0.2) is 0 Å². The molecule has 35 valence electrons. The number of rotatable bonds is 1. The van der Waals surface area contributed by atoms with E-state index in [4.69, 9.17) is 0 Å². The summed E-state index contributed by atoms with van der Waals surface area (Å²) in [4.78, 5) is 0. The van der Waals surface area contributed by atoms with Gasteiger partial charge in [0.15, 0.2) is 5.76 Å². The molecule has 0 amide bonds. The molecular weight excluding hydrogens is 80.0 g/mol. The molecule has 0 aromatic heterocycles. The van der Waals surface area contributed by atoms with Crippen molar-refractivity contribution >= 4 is 0 Å². The average molecular weight is 87.1 g/mol. The summed E-state index contributed by atoms with van der Waals surface area (Å²) < 4.78 is 4.33. The van der Waals surface area contributed by atoms with Gasteiger partial charge in [0.25, 0.3) is 0 Å². The Kier molecular flexibility index (Phi) is 2.29. The Balaban J connectivity index is 3.14. The van der Waals surface area contributed by atoms with Crippen LogP contribution in [0.5, 0.6) is 0 Å². The normalized spacial score (nSPS) is 11.3. The van der Waals surface area contributed by atoms with E-state index >= 15 is 0 Å². The molecule has 0 unspecified atom stereocenters. The average Bonchev–Trinajstić information content (AvgIpc) is 1.35. The summed E-state index contributed by atoms with van der Waals surface area (Å²) in [6.07, 6.45) is 1.15. The molecule has 2 nitrogen and oxygen atoms in total. The number of allylic oxidation sites excluding steroid dienone is 1. The van der Waals surface area contributed by atoms with Crippen LogP contribution in [0.15, 0.2) is 12.0 Å². The molecule has 1 radical (unpaired) electrons. The molecule has 0 aliphatic rings. The second-order valence-corrected chi connectivity index (χ2v) is 0.964. The second-order valence-electron chi connectivity index (χ2n) is 0.964. The molecule has 2 heteroatoms. The summed E-state index contributed by atoms with van der Waals surface area (Å²) >= 11 is 0. The van der Waals surface area contributed by atoms with E-state index in [9.17, 15) is 5.11 Å². The molecule has 0 atom stereocenters. The van der Waals surface area contributed by atoms with Crippen LogP contribution in [-0.4, -0.2) is 7.11 Å². The molecule has 0 saturated heterocycles. The van der Waals surface area contributed by atoms with Crippen molar-refractivity contribution in [2.75, 3.05) is 7.11 Å². The Labute approximate surface area is 37.1 Å². The summed E-state index contributed by atoms with van der Waals surface area (Å²) in [6, 6.07) is 0. The van der Waals surface area contributed by atoms with Gasteiger partial charge >= 0.3 is 0 Å². The van der Waals surface area contributed by atoms with Gasteiger partial charge in [-0.1, -0.05) is 0 Å². The molecule has 0 saturated carbocycles. The third kappa shape index (κ3) is 3.34. The monoisotopic (exact) mass is 87.0 g/mol. The van der Waals surface area contributed by atoms with Crippen molar-refractivity contribution in [3.63, 3.8) is 0 Å². The summed E-state index contributed by atoms with van der Waals surface area (Å²) in [5.41, 5.74) is 0. The highest BCUT2D eigenvalue weighted by Gasteiger charge is 1.75. The van der Waals surface area contributed by atoms with E-state index in [1.165, 1.54) is 14.0 Å². The van der Waals surface area contributed by atoms with Gasteiger partial charge < -0.3 is 4.74 Å². The lowest BCUT2D eigenvalue weighted by Gasteiger charge is -1.81. The van der Waals surface area contributed by atoms with Gasteiger partial charge in [0.05, 0.1) is 7.11 Å². The van der Waals surface area contributed by atoms with E-state index in [2.05, 4.69) is 4.74 Å². The van der Waals surface area contributed by atoms with Crippen LogP contribution in [0.25, 0.3) is 0 Å². The van der Waals surface area contributed by atoms with E-state index in [0.29, 0.717) is 0 Å². The Morgan fingerprint density at radius 2 is 2.33 bits per heavy atom. The quantitative estimate of drug-likeness (QED) is 0.437. The first-order chi connectivity index (χ1) is 2.77. The van der Waals surface area contributed by atoms with Gasteiger partial charge in [0, 0.05) is 6.92 Å². The van der Waals surface area contributed by atoms with E-state index in [1.807, 2.05) is 0 Å². The minimum absolute atomic E-state index is 0.0579. The molecular formula is C4H7O2. The zero-order valence-electron chi connectivity index (χ0n) is 3.89. The van der Waals surface area contributed by atoms with Gasteiger partial charge in [0.1, 0.15) is 6.26 Å². The van der Waals surface area contributed by atoms with Crippen LogP contribution >= 0.6 is 0 Å². The van der Waals surface area contributed by atoms with E-state index < -0.39 is 0 Å².